The molecule has 0 aromatic heterocycles. The summed E-state index contributed by atoms with van der Waals surface area (Å²) in [7, 11) is 0. The molecule has 0 saturated carbocycles. The first-order valence-electron chi connectivity index (χ1n) is 19.9. The summed E-state index contributed by atoms with van der Waals surface area (Å²) in [5.74, 6) is -1.52. The predicted molar refractivity (Wildman–Crippen MR) is 214 cm³/mol. The molecule has 3 aromatic rings. The number of carbonyl (C=O) groups is 4. The van der Waals surface area contributed by atoms with E-state index in [2.05, 4.69) is 61.0 Å². The zero-order valence-corrected chi connectivity index (χ0v) is 32.3. The number of piperidine rings is 3. The van der Waals surface area contributed by atoms with Crippen LogP contribution in [0.4, 0.5) is 22.7 Å². The topological polar surface area (TPSA) is 110 Å². The molecule has 1 unspecified atom stereocenters. The summed E-state index contributed by atoms with van der Waals surface area (Å²) in [5.41, 5.74) is 4.98. The second kappa shape index (κ2) is 14.4. The highest BCUT2D eigenvalue weighted by atomic mass is 35.5. The first-order chi connectivity index (χ1) is 27.1. The van der Waals surface area contributed by atoms with Crippen molar-refractivity contribution in [2.24, 2.45) is 5.41 Å². The van der Waals surface area contributed by atoms with Gasteiger partial charge in [-0.25, -0.2) is 4.85 Å². The summed E-state index contributed by atoms with van der Waals surface area (Å²) in [6, 6.07) is 19.9. The Labute approximate surface area is 332 Å². The lowest BCUT2D eigenvalue weighted by Crippen LogP contribution is -2.59. The van der Waals surface area contributed by atoms with E-state index >= 15 is 0 Å². The summed E-state index contributed by atoms with van der Waals surface area (Å²) in [6.45, 7) is 16.4. The minimum atomic E-state index is -0.984. The fraction of sp³-hybridized carbons (Fsp3) is 0.465. The molecule has 0 radical (unpaired) electrons. The van der Waals surface area contributed by atoms with Gasteiger partial charge in [-0.15, -0.1) is 0 Å². The van der Waals surface area contributed by atoms with Crippen LogP contribution >= 0.6 is 11.6 Å². The Bertz CT molecular complexity index is 2110. The number of halogens is 1. The van der Waals surface area contributed by atoms with Gasteiger partial charge in [-0.1, -0.05) is 17.7 Å². The molecule has 3 aromatic carbocycles. The number of rotatable bonds is 7. The quantitative estimate of drug-likeness (QED) is 0.232. The Morgan fingerprint density at radius 2 is 1.48 bits per heavy atom. The van der Waals surface area contributed by atoms with Gasteiger partial charge in [-0.3, -0.25) is 34.3 Å². The SMILES string of the molecule is [C-]#[N+]c1ccc(N2CC3(CCN(c4ccc(N5CCC(N6CC(Oc7ccc8c(c7)C(=O)N(C7CCC(=O)NC7=O)C8=O)C6)CC5)cc4)CC3)C[C@@H]2C)cc1Cl. The third-order valence-electron chi connectivity index (χ3n) is 13.1. The van der Waals surface area contributed by atoms with E-state index in [0.717, 1.165) is 69.2 Å². The number of imide groups is 2. The third-order valence-corrected chi connectivity index (χ3v) is 13.4. The lowest BCUT2D eigenvalue weighted by molar-refractivity contribution is -0.136. The van der Waals surface area contributed by atoms with Crippen LogP contribution in [0.3, 0.4) is 0 Å². The van der Waals surface area contributed by atoms with E-state index in [-0.39, 0.29) is 30.1 Å². The first kappa shape index (κ1) is 36.5. The van der Waals surface area contributed by atoms with Gasteiger partial charge in [0.25, 0.3) is 11.8 Å². The Balaban J connectivity index is 0.726. The number of nitrogens with zero attached hydrogens (tertiary/aromatic N) is 6. The molecule has 5 fully saturated rings. The number of hydrogen-bond donors (Lipinski definition) is 1. The van der Waals surface area contributed by atoms with Crippen molar-refractivity contribution in [1.29, 1.82) is 0 Å². The van der Waals surface area contributed by atoms with E-state index in [1.165, 1.54) is 30.6 Å². The molecule has 1 spiro atoms. The molecule has 290 valence electrons. The van der Waals surface area contributed by atoms with Crippen LogP contribution in [0.25, 0.3) is 4.85 Å². The molecule has 6 aliphatic rings. The van der Waals surface area contributed by atoms with E-state index < -0.39 is 29.7 Å². The average Bonchev–Trinajstić information content (AvgIpc) is 3.64. The van der Waals surface area contributed by atoms with Crippen molar-refractivity contribution in [3.63, 3.8) is 0 Å². The number of benzene rings is 3. The summed E-state index contributed by atoms with van der Waals surface area (Å²) in [5, 5.41) is 2.76. The van der Waals surface area contributed by atoms with Gasteiger partial charge in [0.2, 0.25) is 17.5 Å². The lowest BCUT2D eigenvalue weighted by Gasteiger charge is -2.47. The molecule has 4 amide bonds. The molecule has 6 aliphatic heterocycles. The zero-order valence-electron chi connectivity index (χ0n) is 31.6. The predicted octanol–water partition coefficient (Wildman–Crippen LogP) is 5.91. The Morgan fingerprint density at radius 3 is 2.14 bits per heavy atom. The summed E-state index contributed by atoms with van der Waals surface area (Å²) < 4.78 is 6.24. The van der Waals surface area contributed by atoms with Gasteiger partial charge >= 0.3 is 0 Å². The van der Waals surface area contributed by atoms with Gasteiger partial charge in [-0.2, -0.15) is 0 Å². The fourth-order valence-electron chi connectivity index (χ4n) is 9.95. The van der Waals surface area contributed by atoms with E-state index in [4.69, 9.17) is 22.9 Å². The van der Waals surface area contributed by atoms with Gasteiger partial charge in [0.15, 0.2) is 0 Å². The monoisotopic (exact) mass is 775 g/mol. The molecule has 5 saturated heterocycles. The second-order valence-electron chi connectivity index (χ2n) is 16.5. The third kappa shape index (κ3) is 6.64. The molecule has 56 heavy (non-hydrogen) atoms. The molecule has 2 atom stereocenters. The van der Waals surface area contributed by atoms with Crippen LogP contribution in [0, 0.1) is 12.0 Å². The average molecular weight is 776 g/mol. The maximum Gasteiger partial charge on any atom is 0.262 e. The van der Waals surface area contributed by atoms with Crippen LogP contribution in [0.1, 0.15) is 72.6 Å². The van der Waals surface area contributed by atoms with Crippen molar-refractivity contribution in [3.8, 4) is 5.75 Å². The van der Waals surface area contributed by atoms with Gasteiger partial charge in [-0.05, 0) is 105 Å². The first-order valence-corrected chi connectivity index (χ1v) is 20.3. The highest BCUT2D eigenvalue weighted by Crippen LogP contribution is 2.46. The number of carbonyl (C=O) groups excluding carboxylic acids is 4. The summed E-state index contributed by atoms with van der Waals surface area (Å²) in [4.78, 5) is 64.7. The minimum absolute atomic E-state index is 0.000289. The number of anilines is 3. The standard InChI is InChI=1S/C43H46ClN7O5/c1-27-23-43(26-50(27)31-7-10-37(45-2)36(44)21-31)15-19-48(20-16-43)29-5-3-28(4-6-29)47-17-13-30(14-18-47)49-24-33(25-49)56-32-8-9-34-35(22-32)42(55)51(41(34)54)38-11-12-39(52)46-40(38)53/h3-10,21-22,27,30,33,38H,11-20,23-26H2,1H3,(H,46,52,53)/t27-,38?/m0/s1. The number of nitrogens with one attached hydrogen (secondary N) is 1. The van der Waals surface area contributed by atoms with E-state index in [0.29, 0.717) is 34.0 Å². The Morgan fingerprint density at radius 1 is 0.821 bits per heavy atom. The maximum atomic E-state index is 13.2. The van der Waals surface area contributed by atoms with E-state index in [1.807, 2.05) is 18.2 Å². The molecular formula is C43H46ClN7O5. The van der Waals surface area contributed by atoms with Crippen LogP contribution in [-0.2, 0) is 9.59 Å². The second-order valence-corrected chi connectivity index (χ2v) is 16.9. The van der Waals surface area contributed by atoms with Crippen molar-refractivity contribution < 1.29 is 23.9 Å². The van der Waals surface area contributed by atoms with Gasteiger partial charge in [0.1, 0.15) is 17.9 Å². The molecule has 6 heterocycles. The Hall–Kier alpha value is -5.12. The number of likely N-dealkylation sites (tertiary alicyclic amines) is 1. The smallest absolute Gasteiger partial charge is 0.262 e. The minimum Gasteiger partial charge on any atom is -0.488 e. The molecule has 9 rings (SSSR count). The van der Waals surface area contributed by atoms with Crippen molar-refractivity contribution in [2.75, 3.05) is 60.5 Å². The normalized spacial score (nSPS) is 24.4. The van der Waals surface area contributed by atoms with Crippen molar-refractivity contribution in [1.82, 2.24) is 15.1 Å². The summed E-state index contributed by atoms with van der Waals surface area (Å²) >= 11 is 6.39. The van der Waals surface area contributed by atoms with Gasteiger partial charge < -0.3 is 19.4 Å². The van der Waals surface area contributed by atoms with E-state index in [9.17, 15) is 19.2 Å². The highest BCUT2D eigenvalue weighted by Gasteiger charge is 2.46. The Kier molecular flexibility index (Phi) is 9.41. The molecule has 13 heteroatoms. The number of ether oxygens (including phenoxy) is 1. The highest BCUT2D eigenvalue weighted by molar-refractivity contribution is 6.33. The largest absolute Gasteiger partial charge is 0.488 e. The van der Waals surface area contributed by atoms with Crippen molar-refractivity contribution >= 4 is 58.0 Å². The molecule has 0 bridgehead atoms. The maximum absolute atomic E-state index is 13.2. The summed E-state index contributed by atoms with van der Waals surface area (Å²) in [6.07, 6.45) is 5.89. The van der Waals surface area contributed by atoms with Crippen molar-refractivity contribution in [2.45, 2.75) is 76.1 Å². The lowest BCUT2D eigenvalue weighted by atomic mass is 9.76. The molecule has 0 aliphatic carbocycles. The van der Waals surface area contributed by atoms with Crippen LogP contribution in [0.5, 0.6) is 5.75 Å². The number of hydrogen-bond acceptors (Lipinski definition) is 9. The van der Waals surface area contributed by atoms with E-state index in [1.54, 1.807) is 18.2 Å². The number of fused-ring (bicyclic) bond motifs is 1. The van der Waals surface area contributed by atoms with Crippen LogP contribution < -0.4 is 24.8 Å². The number of amides is 4. The van der Waals surface area contributed by atoms with Crippen LogP contribution in [-0.4, -0.2) is 103 Å². The van der Waals surface area contributed by atoms with Crippen LogP contribution in [0.2, 0.25) is 5.02 Å². The van der Waals surface area contributed by atoms with Gasteiger partial charge in [0.05, 0.1) is 17.7 Å². The van der Waals surface area contributed by atoms with Gasteiger partial charge in [0, 0.05) is 86.4 Å². The van der Waals surface area contributed by atoms with Crippen LogP contribution in [0.15, 0.2) is 60.7 Å². The molecule has 12 nitrogen and oxygen atoms in total. The molecule has 1 N–H and O–H groups in total. The van der Waals surface area contributed by atoms with Crippen molar-refractivity contribution in [3.05, 3.63) is 88.2 Å². The fourth-order valence-corrected chi connectivity index (χ4v) is 10.2. The zero-order chi connectivity index (χ0) is 38.7. The molecular weight excluding hydrogens is 730 g/mol.